The molecule has 0 bridgehead atoms. The number of carbonyl (C=O) groups is 1. The second kappa shape index (κ2) is 23.2. The molecule has 4 heteroatoms. The number of ether oxygens (including phenoxy) is 1. The number of aliphatic hydroxyl groups is 2. The van der Waals surface area contributed by atoms with E-state index in [-0.39, 0.29) is 19.2 Å². The van der Waals surface area contributed by atoms with E-state index in [2.05, 4.69) is 31.2 Å². The molecule has 0 amide bonds. The molecule has 2 N–H and O–H groups in total. The maximum atomic E-state index is 11.5. The SMILES string of the molecule is CCCCCC=CCC=CCCCCCCCCCCCC(=O)OC(CO)CO. The second-order valence-electron chi connectivity index (χ2n) is 7.87. The molecule has 0 unspecified atom stereocenters. The van der Waals surface area contributed by atoms with Gasteiger partial charge >= 0.3 is 5.97 Å². The third-order valence-corrected chi connectivity index (χ3v) is 5.04. The second-order valence-corrected chi connectivity index (χ2v) is 7.87. The summed E-state index contributed by atoms with van der Waals surface area (Å²) in [5, 5.41) is 17.7. The molecule has 4 nitrogen and oxygen atoms in total. The molecule has 29 heavy (non-hydrogen) atoms. The number of esters is 1. The first-order valence-electron chi connectivity index (χ1n) is 12.0. The van der Waals surface area contributed by atoms with Gasteiger partial charge in [0.15, 0.2) is 0 Å². The third-order valence-electron chi connectivity index (χ3n) is 5.04. The van der Waals surface area contributed by atoms with E-state index >= 15 is 0 Å². The Labute approximate surface area is 179 Å². The molecular weight excluding hydrogens is 364 g/mol. The van der Waals surface area contributed by atoms with E-state index in [9.17, 15) is 4.79 Å². The van der Waals surface area contributed by atoms with Crippen LogP contribution in [0.4, 0.5) is 0 Å². The van der Waals surface area contributed by atoms with Crippen molar-refractivity contribution >= 4 is 5.97 Å². The molecule has 0 aromatic rings. The van der Waals surface area contributed by atoms with E-state index in [1.165, 1.54) is 70.6 Å². The lowest BCUT2D eigenvalue weighted by Crippen LogP contribution is -2.25. The molecule has 0 aliphatic rings. The summed E-state index contributed by atoms with van der Waals surface area (Å²) in [6, 6.07) is 0. The van der Waals surface area contributed by atoms with Crippen LogP contribution in [0.2, 0.25) is 0 Å². The van der Waals surface area contributed by atoms with Gasteiger partial charge in [0.25, 0.3) is 0 Å². The van der Waals surface area contributed by atoms with Gasteiger partial charge in [-0.3, -0.25) is 4.79 Å². The van der Waals surface area contributed by atoms with Gasteiger partial charge in [0.05, 0.1) is 13.2 Å². The van der Waals surface area contributed by atoms with Crippen LogP contribution in [0.25, 0.3) is 0 Å². The van der Waals surface area contributed by atoms with Crippen LogP contribution in [-0.4, -0.2) is 35.5 Å². The van der Waals surface area contributed by atoms with Crippen LogP contribution in [0.5, 0.6) is 0 Å². The fourth-order valence-electron chi connectivity index (χ4n) is 3.16. The van der Waals surface area contributed by atoms with E-state index in [1.807, 2.05) is 0 Å². The quantitative estimate of drug-likeness (QED) is 0.133. The fourth-order valence-corrected chi connectivity index (χ4v) is 3.16. The van der Waals surface area contributed by atoms with Gasteiger partial charge in [0.1, 0.15) is 6.10 Å². The summed E-state index contributed by atoms with van der Waals surface area (Å²) in [5.41, 5.74) is 0. The van der Waals surface area contributed by atoms with E-state index < -0.39 is 6.10 Å². The number of allylic oxidation sites excluding steroid dienone is 4. The average molecular weight is 411 g/mol. The van der Waals surface area contributed by atoms with Crippen molar-refractivity contribution in [3.63, 3.8) is 0 Å². The zero-order valence-electron chi connectivity index (χ0n) is 18.8. The molecule has 0 aromatic heterocycles. The molecular formula is C25H46O4. The van der Waals surface area contributed by atoms with Crippen LogP contribution in [0.3, 0.4) is 0 Å². The number of rotatable bonds is 21. The molecule has 0 atom stereocenters. The molecule has 0 heterocycles. The van der Waals surface area contributed by atoms with Crippen molar-refractivity contribution < 1.29 is 19.7 Å². The molecule has 0 spiro atoms. The minimum atomic E-state index is -0.768. The van der Waals surface area contributed by atoms with Crippen molar-refractivity contribution in [2.45, 2.75) is 116 Å². The Hall–Kier alpha value is -1.13. The zero-order chi connectivity index (χ0) is 21.4. The summed E-state index contributed by atoms with van der Waals surface area (Å²) < 4.78 is 4.94. The maximum absolute atomic E-state index is 11.5. The topological polar surface area (TPSA) is 66.8 Å². The van der Waals surface area contributed by atoms with Crippen LogP contribution in [0.1, 0.15) is 110 Å². The fraction of sp³-hybridized carbons (Fsp3) is 0.800. The highest BCUT2D eigenvalue weighted by Crippen LogP contribution is 2.12. The Morgan fingerprint density at radius 2 is 1.21 bits per heavy atom. The van der Waals surface area contributed by atoms with Crippen molar-refractivity contribution in [2.24, 2.45) is 0 Å². The van der Waals surface area contributed by atoms with Gasteiger partial charge in [0.2, 0.25) is 0 Å². The van der Waals surface area contributed by atoms with Crippen molar-refractivity contribution in [1.29, 1.82) is 0 Å². The number of aliphatic hydroxyl groups excluding tert-OH is 2. The largest absolute Gasteiger partial charge is 0.457 e. The molecule has 0 radical (unpaired) electrons. The standard InChI is InChI=1S/C25H46O4/c1-2-3-4-5-6-7-8-9-10-11-12-13-14-15-16-17-18-19-20-21-25(28)29-24(22-26)23-27/h6-7,9-10,24,26-27H,2-5,8,11-23H2,1H3. The summed E-state index contributed by atoms with van der Waals surface area (Å²) in [6.07, 6.45) is 27.1. The van der Waals surface area contributed by atoms with E-state index in [4.69, 9.17) is 14.9 Å². The molecule has 0 aliphatic heterocycles. The lowest BCUT2D eigenvalue weighted by molar-refractivity contribution is -0.153. The van der Waals surface area contributed by atoms with Crippen LogP contribution in [0, 0.1) is 0 Å². The molecule has 0 aliphatic carbocycles. The summed E-state index contributed by atoms with van der Waals surface area (Å²) in [5.74, 6) is -0.324. The molecule has 170 valence electrons. The number of hydrogen-bond donors (Lipinski definition) is 2. The first-order chi connectivity index (χ1) is 14.2. The van der Waals surface area contributed by atoms with Crippen molar-refractivity contribution in [3.8, 4) is 0 Å². The average Bonchev–Trinajstić information content (AvgIpc) is 2.73. The van der Waals surface area contributed by atoms with Crippen molar-refractivity contribution in [1.82, 2.24) is 0 Å². The Morgan fingerprint density at radius 1 is 0.724 bits per heavy atom. The first-order valence-corrected chi connectivity index (χ1v) is 12.0. The summed E-state index contributed by atoms with van der Waals surface area (Å²) in [4.78, 5) is 11.5. The minimum absolute atomic E-state index is 0.324. The Bertz CT molecular complexity index is 400. The van der Waals surface area contributed by atoms with Crippen LogP contribution in [0.15, 0.2) is 24.3 Å². The lowest BCUT2D eigenvalue weighted by Gasteiger charge is -2.12. The van der Waals surface area contributed by atoms with Crippen LogP contribution >= 0.6 is 0 Å². The molecule has 0 saturated carbocycles. The van der Waals surface area contributed by atoms with Gasteiger partial charge in [-0.1, -0.05) is 89.0 Å². The zero-order valence-corrected chi connectivity index (χ0v) is 18.8. The lowest BCUT2D eigenvalue weighted by atomic mass is 10.1. The minimum Gasteiger partial charge on any atom is -0.457 e. The smallest absolute Gasteiger partial charge is 0.306 e. The molecule has 0 saturated heterocycles. The Kier molecular flexibility index (Phi) is 22.2. The summed E-state index contributed by atoms with van der Waals surface area (Å²) >= 11 is 0. The molecule has 0 aromatic carbocycles. The van der Waals surface area contributed by atoms with Gasteiger partial charge in [-0.05, 0) is 38.5 Å². The van der Waals surface area contributed by atoms with E-state index in [0.29, 0.717) is 6.42 Å². The predicted octanol–water partition coefficient (Wildman–Crippen LogP) is 6.26. The molecule has 0 rings (SSSR count). The number of hydrogen-bond acceptors (Lipinski definition) is 4. The normalized spacial score (nSPS) is 11.9. The number of unbranched alkanes of at least 4 members (excludes halogenated alkanes) is 12. The summed E-state index contributed by atoms with van der Waals surface area (Å²) in [7, 11) is 0. The monoisotopic (exact) mass is 410 g/mol. The van der Waals surface area contributed by atoms with Crippen LogP contribution < -0.4 is 0 Å². The van der Waals surface area contributed by atoms with Gasteiger partial charge < -0.3 is 14.9 Å². The van der Waals surface area contributed by atoms with E-state index in [0.717, 1.165) is 25.7 Å². The summed E-state index contributed by atoms with van der Waals surface area (Å²) in [6.45, 7) is 1.59. The maximum Gasteiger partial charge on any atom is 0.306 e. The Morgan fingerprint density at radius 3 is 1.72 bits per heavy atom. The van der Waals surface area contributed by atoms with Gasteiger partial charge in [0, 0.05) is 6.42 Å². The van der Waals surface area contributed by atoms with Crippen molar-refractivity contribution in [2.75, 3.05) is 13.2 Å². The highest BCUT2D eigenvalue weighted by molar-refractivity contribution is 5.69. The van der Waals surface area contributed by atoms with Gasteiger partial charge in [-0.15, -0.1) is 0 Å². The van der Waals surface area contributed by atoms with E-state index in [1.54, 1.807) is 0 Å². The first kappa shape index (κ1) is 27.9. The highest BCUT2D eigenvalue weighted by atomic mass is 16.6. The predicted molar refractivity (Wildman–Crippen MR) is 122 cm³/mol. The Balaban J connectivity index is 3.27. The van der Waals surface area contributed by atoms with Gasteiger partial charge in [-0.2, -0.15) is 0 Å². The molecule has 0 fully saturated rings. The third kappa shape index (κ3) is 21.4. The highest BCUT2D eigenvalue weighted by Gasteiger charge is 2.11. The van der Waals surface area contributed by atoms with Crippen LogP contribution in [-0.2, 0) is 9.53 Å². The van der Waals surface area contributed by atoms with Gasteiger partial charge in [-0.25, -0.2) is 0 Å². The number of carbonyl (C=O) groups excluding carboxylic acids is 1. The van der Waals surface area contributed by atoms with Crippen molar-refractivity contribution in [3.05, 3.63) is 24.3 Å².